The van der Waals surface area contributed by atoms with Crippen LogP contribution in [0.5, 0.6) is 0 Å². The lowest BCUT2D eigenvalue weighted by molar-refractivity contribution is 0.0784. The van der Waals surface area contributed by atoms with Crippen LogP contribution in [0.15, 0.2) is 53.0 Å². The third kappa shape index (κ3) is 4.16. The van der Waals surface area contributed by atoms with E-state index in [0.717, 1.165) is 21.2 Å². The first-order valence-corrected chi connectivity index (χ1v) is 7.69. The summed E-state index contributed by atoms with van der Waals surface area (Å²) in [6, 6.07) is 15.6. The molecule has 2 rings (SSSR count). The number of halogens is 1. The monoisotopic (exact) mass is 346 g/mol. The molecule has 1 amide bonds. The average molecular weight is 347 g/mol. The Morgan fingerprint density at radius 1 is 1.19 bits per heavy atom. The van der Waals surface area contributed by atoms with Gasteiger partial charge >= 0.3 is 0 Å². The summed E-state index contributed by atoms with van der Waals surface area (Å²) < 4.78 is 1.02. The quantitative estimate of drug-likeness (QED) is 0.903. The number of benzene rings is 2. The molecule has 2 aromatic carbocycles. The van der Waals surface area contributed by atoms with Crippen LogP contribution < -0.4 is 5.73 Å². The van der Waals surface area contributed by atoms with Crippen molar-refractivity contribution in [3.8, 4) is 0 Å². The van der Waals surface area contributed by atoms with Gasteiger partial charge in [0.1, 0.15) is 0 Å². The Morgan fingerprint density at radius 3 is 2.67 bits per heavy atom. The molecule has 0 unspecified atom stereocenters. The first-order chi connectivity index (χ1) is 10.1. The Balaban J connectivity index is 2.16. The molecule has 0 atom stereocenters. The largest absolute Gasteiger partial charge is 0.337 e. The van der Waals surface area contributed by atoms with Gasteiger partial charge in [0.2, 0.25) is 0 Å². The van der Waals surface area contributed by atoms with E-state index in [4.69, 9.17) is 5.73 Å². The Morgan fingerprint density at radius 2 is 1.95 bits per heavy atom. The molecular formula is C17H19BrN2O. The first kappa shape index (κ1) is 15.7. The normalized spacial score (nSPS) is 10.4. The average Bonchev–Trinajstić information content (AvgIpc) is 2.47. The summed E-state index contributed by atoms with van der Waals surface area (Å²) in [6.07, 6.45) is 0.715. The fraction of sp³-hybridized carbons (Fsp3) is 0.235. The Hall–Kier alpha value is -1.65. The second-order valence-electron chi connectivity index (χ2n) is 4.99. The van der Waals surface area contributed by atoms with Crippen LogP contribution in [0.3, 0.4) is 0 Å². The maximum absolute atomic E-state index is 12.6. The summed E-state index contributed by atoms with van der Waals surface area (Å²) in [5.41, 5.74) is 8.45. The lowest BCUT2D eigenvalue weighted by Crippen LogP contribution is -2.27. The minimum atomic E-state index is 0.0269. The van der Waals surface area contributed by atoms with E-state index in [2.05, 4.69) is 15.9 Å². The van der Waals surface area contributed by atoms with E-state index in [1.807, 2.05) is 55.6 Å². The molecule has 0 heterocycles. The van der Waals surface area contributed by atoms with Gasteiger partial charge in [-0.05, 0) is 42.3 Å². The molecule has 0 aliphatic rings. The van der Waals surface area contributed by atoms with Crippen LogP contribution in [-0.4, -0.2) is 24.4 Å². The molecule has 0 spiro atoms. The molecule has 0 aromatic heterocycles. The zero-order valence-corrected chi connectivity index (χ0v) is 13.6. The summed E-state index contributed by atoms with van der Waals surface area (Å²) in [5.74, 6) is 0.0269. The highest BCUT2D eigenvalue weighted by molar-refractivity contribution is 9.10. The molecule has 0 radical (unpaired) electrons. The van der Waals surface area contributed by atoms with Crippen molar-refractivity contribution in [2.75, 3.05) is 13.6 Å². The van der Waals surface area contributed by atoms with Crippen molar-refractivity contribution in [2.45, 2.75) is 13.0 Å². The molecule has 110 valence electrons. The molecule has 21 heavy (non-hydrogen) atoms. The van der Waals surface area contributed by atoms with Crippen molar-refractivity contribution in [3.63, 3.8) is 0 Å². The molecule has 0 saturated heterocycles. The standard InChI is InChI=1S/C17H19BrN2O/c1-20(12-13-5-4-7-15(18)11-13)17(21)16-8-3-2-6-14(16)9-10-19/h2-8,11H,9-10,12,19H2,1H3. The van der Waals surface area contributed by atoms with Gasteiger partial charge in [0.25, 0.3) is 5.91 Å². The van der Waals surface area contributed by atoms with Gasteiger partial charge in [-0.25, -0.2) is 0 Å². The number of hydrogen-bond donors (Lipinski definition) is 1. The second-order valence-corrected chi connectivity index (χ2v) is 5.90. The zero-order chi connectivity index (χ0) is 15.2. The van der Waals surface area contributed by atoms with E-state index >= 15 is 0 Å². The predicted molar refractivity (Wildman–Crippen MR) is 89.1 cm³/mol. The van der Waals surface area contributed by atoms with Crippen molar-refractivity contribution in [2.24, 2.45) is 5.73 Å². The number of hydrogen-bond acceptors (Lipinski definition) is 2. The topological polar surface area (TPSA) is 46.3 Å². The van der Waals surface area contributed by atoms with Crippen LogP contribution >= 0.6 is 15.9 Å². The minimum Gasteiger partial charge on any atom is -0.337 e. The van der Waals surface area contributed by atoms with Crippen LogP contribution in [0.4, 0.5) is 0 Å². The van der Waals surface area contributed by atoms with Crippen molar-refractivity contribution >= 4 is 21.8 Å². The minimum absolute atomic E-state index is 0.0269. The number of rotatable bonds is 5. The molecule has 3 nitrogen and oxygen atoms in total. The highest BCUT2D eigenvalue weighted by Gasteiger charge is 2.15. The summed E-state index contributed by atoms with van der Waals surface area (Å²) >= 11 is 3.45. The van der Waals surface area contributed by atoms with E-state index in [-0.39, 0.29) is 5.91 Å². The lowest BCUT2D eigenvalue weighted by Gasteiger charge is -2.19. The molecular weight excluding hydrogens is 328 g/mol. The third-order valence-corrected chi connectivity index (χ3v) is 3.81. The van der Waals surface area contributed by atoms with Crippen molar-refractivity contribution in [1.29, 1.82) is 0 Å². The van der Waals surface area contributed by atoms with Gasteiger partial charge in [0.05, 0.1) is 0 Å². The molecule has 4 heteroatoms. The third-order valence-electron chi connectivity index (χ3n) is 3.32. The Kier molecular flexibility index (Phi) is 5.53. The zero-order valence-electron chi connectivity index (χ0n) is 12.1. The first-order valence-electron chi connectivity index (χ1n) is 6.89. The highest BCUT2D eigenvalue weighted by Crippen LogP contribution is 2.16. The van der Waals surface area contributed by atoms with E-state index in [9.17, 15) is 4.79 Å². The van der Waals surface area contributed by atoms with E-state index in [1.165, 1.54) is 0 Å². The van der Waals surface area contributed by atoms with Gasteiger partial charge in [-0.2, -0.15) is 0 Å². The molecule has 0 aliphatic carbocycles. The molecule has 0 saturated carbocycles. The summed E-state index contributed by atoms with van der Waals surface area (Å²) in [4.78, 5) is 14.3. The van der Waals surface area contributed by atoms with Gasteiger partial charge in [0, 0.05) is 23.6 Å². The summed E-state index contributed by atoms with van der Waals surface area (Å²) in [6.45, 7) is 1.12. The van der Waals surface area contributed by atoms with Crippen molar-refractivity contribution in [3.05, 3.63) is 69.7 Å². The molecule has 0 aliphatic heterocycles. The fourth-order valence-corrected chi connectivity index (χ4v) is 2.74. The number of carbonyl (C=O) groups is 1. The van der Waals surface area contributed by atoms with Gasteiger partial charge in [-0.15, -0.1) is 0 Å². The van der Waals surface area contributed by atoms with Crippen LogP contribution in [0.2, 0.25) is 0 Å². The van der Waals surface area contributed by atoms with Crippen LogP contribution in [0.1, 0.15) is 21.5 Å². The van der Waals surface area contributed by atoms with Gasteiger partial charge in [-0.3, -0.25) is 4.79 Å². The molecule has 2 aromatic rings. The predicted octanol–water partition coefficient (Wildman–Crippen LogP) is 3.22. The molecule has 0 bridgehead atoms. The summed E-state index contributed by atoms with van der Waals surface area (Å²) in [7, 11) is 1.82. The number of carbonyl (C=O) groups excluding carboxylic acids is 1. The SMILES string of the molecule is CN(Cc1cccc(Br)c1)C(=O)c1ccccc1CCN. The van der Waals surface area contributed by atoms with Crippen LogP contribution in [0.25, 0.3) is 0 Å². The Labute approximate surface area is 133 Å². The van der Waals surface area contributed by atoms with Crippen molar-refractivity contribution < 1.29 is 4.79 Å². The maximum Gasteiger partial charge on any atom is 0.254 e. The molecule has 0 fully saturated rings. The van der Waals surface area contributed by atoms with Crippen LogP contribution in [-0.2, 0) is 13.0 Å². The fourth-order valence-electron chi connectivity index (χ4n) is 2.29. The van der Waals surface area contributed by atoms with Crippen LogP contribution in [0, 0.1) is 0 Å². The van der Waals surface area contributed by atoms with Gasteiger partial charge < -0.3 is 10.6 Å². The van der Waals surface area contributed by atoms with E-state index in [0.29, 0.717) is 19.5 Å². The number of nitrogens with zero attached hydrogens (tertiary/aromatic N) is 1. The highest BCUT2D eigenvalue weighted by atomic mass is 79.9. The summed E-state index contributed by atoms with van der Waals surface area (Å²) in [5, 5.41) is 0. The second kappa shape index (κ2) is 7.38. The van der Waals surface area contributed by atoms with Gasteiger partial charge in [-0.1, -0.05) is 46.3 Å². The number of amides is 1. The molecule has 2 N–H and O–H groups in total. The lowest BCUT2D eigenvalue weighted by atomic mass is 10.0. The maximum atomic E-state index is 12.6. The smallest absolute Gasteiger partial charge is 0.254 e. The van der Waals surface area contributed by atoms with E-state index in [1.54, 1.807) is 4.90 Å². The number of nitrogens with two attached hydrogens (primary N) is 1. The van der Waals surface area contributed by atoms with E-state index < -0.39 is 0 Å². The Bertz CT molecular complexity index is 628. The van der Waals surface area contributed by atoms with Gasteiger partial charge in [0.15, 0.2) is 0 Å². The van der Waals surface area contributed by atoms with Crippen molar-refractivity contribution in [1.82, 2.24) is 4.90 Å².